The molecule has 0 saturated carbocycles. The second-order valence-electron chi connectivity index (χ2n) is 7.90. The summed E-state index contributed by atoms with van der Waals surface area (Å²) in [7, 11) is 0. The number of pyridine rings is 1. The average molecular weight is 448 g/mol. The molecule has 3 aromatic heterocycles. The van der Waals surface area contributed by atoms with Crippen molar-refractivity contribution in [3.05, 3.63) is 66.4 Å². The normalized spacial score (nSPS) is 13.9. The molecule has 0 aliphatic carbocycles. The molecular formula is C23H29N9O. The summed E-state index contributed by atoms with van der Waals surface area (Å²) in [4.78, 5) is 21.9. The van der Waals surface area contributed by atoms with Gasteiger partial charge in [0.1, 0.15) is 17.3 Å². The van der Waals surface area contributed by atoms with E-state index in [2.05, 4.69) is 62.8 Å². The standard InChI is InChI=1S/C23H29N9O/c1-6-26-20-13-29-19(12-30-20)21-31-22(32-33-21)23(5,14(2)3)17-7-8-18(28-11-17)16(9-24)10-27-15(4)25/h7-14H,4,6,24-25H2,1-3,5H3,(H,26,30)/b16-9+,27-10?/t23-/m1/s1. The van der Waals surface area contributed by atoms with Gasteiger partial charge in [0, 0.05) is 30.7 Å². The topological polar surface area (TPSA) is 154 Å². The molecule has 33 heavy (non-hydrogen) atoms. The van der Waals surface area contributed by atoms with E-state index in [1.165, 1.54) is 12.4 Å². The van der Waals surface area contributed by atoms with Crippen LogP contribution in [-0.4, -0.2) is 37.9 Å². The van der Waals surface area contributed by atoms with Crippen molar-refractivity contribution in [2.24, 2.45) is 22.4 Å². The van der Waals surface area contributed by atoms with Crippen LogP contribution in [0.2, 0.25) is 0 Å². The van der Waals surface area contributed by atoms with E-state index in [4.69, 9.17) is 16.0 Å². The zero-order valence-electron chi connectivity index (χ0n) is 19.3. The SMILES string of the molecule is C=C(N)N=C/C(=C\N)c1ccc([C@](C)(c2noc(-c3cnc(NCC)cn3)n2)C(C)C)cn1. The van der Waals surface area contributed by atoms with Gasteiger partial charge >= 0.3 is 0 Å². The van der Waals surface area contributed by atoms with Gasteiger partial charge < -0.3 is 21.3 Å². The van der Waals surface area contributed by atoms with Gasteiger partial charge in [-0.2, -0.15) is 4.98 Å². The molecule has 3 heterocycles. The zero-order valence-corrected chi connectivity index (χ0v) is 19.3. The summed E-state index contributed by atoms with van der Waals surface area (Å²) in [5.41, 5.74) is 13.4. The van der Waals surface area contributed by atoms with Crippen LogP contribution < -0.4 is 16.8 Å². The van der Waals surface area contributed by atoms with E-state index in [0.717, 1.165) is 12.1 Å². The first-order valence-corrected chi connectivity index (χ1v) is 10.6. The van der Waals surface area contributed by atoms with Crippen LogP contribution in [0.3, 0.4) is 0 Å². The maximum absolute atomic E-state index is 5.73. The van der Waals surface area contributed by atoms with Crippen LogP contribution in [0.5, 0.6) is 0 Å². The number of nitrogens with zero attached hydrogens (tertiary/aromatic N) is 6. The predicted molar refractivity (Wildman–Crippen MR) is 129 cm³/mol. The van der Waals surface area contributed by atoms with Crippen LogP contribution in [0.4, 0.5) is 5.82 Å². The number of rotatable bonds is 9. The maximum Gasteiger partial charge on any atom is 0.278 e. The number of allylic oxidation sites excluding steroid dienone is 1. The predicted octanol–water partition coefficient (Wildman–Crippen LogP) is 3.12. The Kier molecular flexibility index (Phi) is 7.17. The number of aliphatic imine (C=N–C) groups is 1. The van der Waals surface area contributed by atoms with Crippen molar-refractivity contribution in [3.8, 4) is 11.6 Å². The van der Waals surface area contributed by atoms with Gasteiger partial charge in [0.25, 0.3) is 5.89 Å². The molecule has 0 amide bonds. The molecule has 0 bridgehead atoms. The molecule has 0 aliphatic heterocycles. The molecule has 1 atom stereocenters. The van der Waals surface area contributed by atoms with Gasteiger partial charge in [0.15, 0.2) is 5.82 Å². The first-order chi connectivity index (χ1) is 15.8. The van der Waals surface area contributed by atoms with Crippen molar-refractivity contribution in [1.82, 2.24) is 25.1 Å². The minimum atomic E-state index is -0.559. The van der Waals surface area contributed by atoms with Crippen molar-refractivity contribution >= 4 is 17.6 Å². The third-order valence-corrected chi connectivity index (χ3v) is 5.48. The van der Waals surface area contributed by atoms with Crippen LogP contribution in [0.25, 0.3) is 17.2 Å². The van der Waals surface area contributed by atoms with E-state index in [1.54, 1.807) is 18.6 Å². The Balaban J connectivity index is 1.92. The molecule has 0 aliphatic rings. The minimum Gasteiger partial charge on any atom is -0.404 e. The van der Waals surface area contributed by atoms with Gasteiger partial charge in [-0.15, -0.1) is 0 Å². The largest absolute Gasteiger partial charge is 0.404 e. The molecular weight excluding hydrogens is 418 g/mol. The van der Waals surface area contributed by atoms with Gasteiger partial charge in [-0.25, -0.2) is 15.0 Å². The van der Waals surface area contributed by atoms with Crippen molar-refractivity contribution in [2.75, 3.05) is 11.9 Å². The number of nitrogens with one attached hydrogen (secondary N) is 1. The zero-order chi connectivity index (χ0) is 24.0. The molecule has 0 aromatic carbocycles. The van der Waals surface area contributed by atoms with E-state index >= 15 is 0 Å². The Morgan fingerprint density at radius 2 is 2.03 bits per heavy atom. The summed E-state index contributed by atoms with van der Waals surface area (Å²) in [6.45, 7) is 12.6. The Labute approximate surface area is 193 Å². The summed E-state index contributed by atoms with van der Waals surface area (Å²) in [6.07, 6.45) is 7.98. The summed E-state index contributed by atoms with van der Waals surface area (Å²) < 4.78 is 5.53. The van der Waals surface area contributed by atoms with E-state index in [-0.39, 0.29) is 11.7 Å². The molecule has 0 unspecified atom stereocenters. The van der Waals surface area contributed by atoms with E-state index in [0.29, 0.717) is 34.5 Å². The van der Waals surface area contributed by atoms with Crippen LogP contribution >= 0.6 is 0 Å². The summed E-state index contributed by atoms with van der Waals surface area (Å²) in [5, 5.41) is 7.37. The Bertz CT molecular complexity index is 1150. The third-order valence-electron chi connectivity index (χ3n) is 5.48. The van der Waals surface area contributed by atoms with Gasteiger partial charge in [-0.05, 0) is 31.4 Å². The molecule has 5 N–H and O–H groups in total. The Hall–Kier alpha value is -4.08. The van der Waals surface area contributed by atoms with Crippen molar-refractivity contribution in [1.29, 1.82) is 0 Å². The fraction of sp³-hybridized carbons (Fsp3) is 0.304. The lowest BCUT2D eigenvalue weighted by atomic mass is 9.73. The molecule has 172 valence electrons. The smallest absolute Gasteiger partial charge is 0.278 e. The molecule has 10 nitrogen and oxygen atoms in total. The fourth-order valence-corrected chi connectivity index (χ4v) is 3.19. The number of nitrogens with two attached hydrogens (primary N) is 2. The Morgan fingerprint density at radius 3 is 2.58 bits per heavy atom. The quantitative estimate of drug-likeness (QED) is 0.420. The number of hydrogen-bond acceptors (Lipinski definition) is 10. The summed E-state index contributed by atoms with van der Waals surface area (Å²) >= 11 is 0. The van der Waals surface area contributed by atoms with E-state index in [9.17, 15) is 0 Å². The highest BCUT2D eigenvalue weighted by molar-refractivity contribution is 6.09. The van der Waals surface area contributed by atoms with Crippen molar-refractivity contribution < 1.29 is 4.52 Å². The highest BCUT2D eigenvalue weighted by atomic mass is 16.5. The lowest BCUT2D eigenvalue weighted by Crippen LogP contribution is -2.31. The van der Waals surface area contributed by atoms with Gasteiger partial charge in [0.2, 0.25) is 0 Å². The fourth-order valence-electron chi connectivity index (χ4n) is 3.19. The lowest BCUT2D eigenvalue weighted by molar-refractivity contribution is 0.350. The second-order valence-corrected chi connectivity index (χ2v) is 7.90. The van der Waals surface area contributed by atoms with Crippen molar-refractivity contribution in [2.45, 2.75) is 33.1 Å². The summed E-state index contributed by atoms with van der Waals surface area (Å²) in [5.74, 6) is 1.86. The van der Waals surface area contributed by atoms with Crippen LogP contribution in [-0.2, 0) is 5.41 Å². The number of anilines is 1. The monoisotopic (exact) mass is 447 g/mol. The Morgan fingerprint density at radius 1 is 1.24 bits per heavy atom. The average Bonchev–Trinajstić information content (AvgIpc) is 3.30. The highest BCUT2D eigenvalue weighted by Crippen LogP contribution is 2.38. The first-order valence-electron chi connectivity index (χ1n) is 10.6. The van der Waals surface area contributed by atoms with Crippen molar-refractivity contribution in [3.63, 3.8) is 0 Å². The number of aromatic nitrogens is 5. The molecule has 10 heteroatoms. The third kappa shape index (κ3) is 5.05. The van der Waals surface area contributed by atoms with Gasteiger partial charge in [-0.1, -0.05) is 31.6 Å². The highest BCUT2D eigenvalue weighted by Gasteiger charge is 2.38. The molecule has 0 spiro atoms. The van der Waals surface area contributed by atoms with Crippen LogP contribution in [0.15, 0.2) is 58.8 Å². The minimum absolute atomic E-state index is 0.143. The first kappa shape index (κ1) is 23.6. The summed E-state index contributed by atoms with van der Waals surface area (Å²) in [6, 6.07) is 3.84. The van der Waals surface area contributed by atoms with Crippen LogP contribution in [0.1, 0.15) is 44.8 Å². The molecule has 3 aromatic rings. The maximum atomic E-state index is 5.73. The van der Waals surface area contributed by atoms with E-state index < -0.39 is 5.41 Å². The molecule has 0 radical (unpaired) electrons. The molecule has 3 rings (SSSR count). The number of hydrogen-bond donors (Lipinski definition) is 3. The molecule has 0 saturated heterocycles. The molecule has 0 fully saturated rings. The lowest BCUT2D eigenvalue weighted by Gasteiger charge is -2.30. The van der Waals surface area contributed by atoms with E-state index in [1.807, 2.05) is 19.1 Å². The van der Waals surface area contributed by atoms with Gasteiger partial charge in [-0.3, -0.25) is 4.98 Å². The van der Waals surface area contributed by atoms with Gasteiger partial charge in [0.05, 0.1) is 23.5 Å². The second kappa shape index (κ2) is 10.0. The van der Waals surface area contributed by atoms with Crippen LogP contribution in [0, 0.1) is 5.92 Å².